The Morgan fingerprint density at radius 2 is 1.71 bits per heavy atom. The summed E-state index contributed by atoms with van der Waals surface area (Å²) in [5, 5.41) is 2.68. The Morgan fingerprint density at radius 1 is 1.03 bits per heavy atom. The minimum Gasteiger partial charge on any atom is -0.382 e. The van der Waals surface area contributed by atoms with Crippen molar-refractivity contribution in [3.05, 3.63) is 66.0 Å². The van der Waals surface area contributed by atoms with Crippen LogP contribution in [0.3, 0.4) is 0 Å². The molecule has 11 heteroatoms. The van der Waals surface area contributed by atoms with Crippen molar-refractivity contribution in [2.75, 3.05) is 44.3 Å². The molecule has 4 rings (SSSR count). The summed E-state index contributed by atoms with van der Waals surface area (Å²) in [6, 6.07) is 12.8. The number of anilines is 2. The molecule has 35 heavy (non-hydrogen) atoms. The molecule has 3 N–H and O–H groups in total. The third-order valence-electron chi connectivity index (χ3n) is 5.79. The van der Waals surface area contributed by atoms with Crippen molar-refractivity contribution >= 4 is 33.2 Å². The largest absolute Gasteiger partial charge is 0.382 e. The van der Waals surface area contributed by atoms with Gasteiger partial charge in [0.2, 0.25) is 10.0 Å². The van der Waals surface area contributed by atoms with Gasteiger partial charge < -0.3 is 16.0 Å². The van der Waals surface area contributed by atoms with Crippen LogP contribution in [0.25, 0.3) is 11.3 Å². The zero-order valence-electron chi connectivity index (χ0n) is 19.4. The molecular formula is C24H26N6O4S. The van der Waals surface area contributed by atoms with E-state index in [9.17, 15) is 18.0 Å². The number of amides is 1. The van der Waals surface area contributed by atoms with E-state index in [4.69, 9.17) is 5.73 Å². The molecule has 1 amide bonds. The molecule has 0 atom stereocenters. The molecule has 0 radical (unpaired) electrons. The van der Waals surface area contributed by atoms with Crippen molar-refractivity contribution in [1.82, 2.24) is 19.2 Å². The highest BCUT2D eigenvalue weighted by Gasteiger charge is 2.27. The highest BCUT2D eigenvalue weighted by Crippen LogP contribution is 2.24. The van der Waals surface area contributed by atoms with Gasteiger partial charge in [0, 0.05) is 43.0 Å². The number of piperazine rings is 1. The molecular weight excluding hydrogens is 468 g/mol. The van der Waals surface area contributed by atoms with Gasteiger partial charge in [-0.05, 0) is 38.2 Å². The lowest BCUT2D eigenvalue weighted by Crippen LogP contribution is -2.46. The summed E-state index contributed by atoms with van der Waals surface area (Å²) in [5.41, 5.74) is 7.65. The molecule has 10 nitrogen and oxygen atoms in total. The number of ketones is 1. The second-order valence-electron chi connectivity index (χ2n) is 8.31. The van der Waals surface area contributed by atoms with Gasteiger partial charge in [0.25, 0.3) is 5.91 Å². The van der Waals surface area contributed by atoms with Gasteiger partial charge >= 0.3 is 0 Å². The van der Waals surface area contributed by atoms with Gasteiger partial charge in [0.1, 0.15) is 0 Å². The Hall–Kier alpha value is -3.67. The van der Waals surface area contributed by atoms with E-state index in [2.05, 4.69) is 20.2 Å². The van der Waals surface area contributed by atoms with E-state index >= 15 is 0 Å². The zero-order chi connectivity index (χ0) is 25.2. The maximum Gasteiger partial charge on any atom is 0.278 e. The fraction of sp³-hybridized carbons (Fsp3) is 0.250. The topological polar surface area (TPSA) is 139 Å². The van der Waals surface area contributed by atoms with Gasteiger partial charge in [-0.25, -0.2) is 18.4 Å². The molecule has 1 aliphatic rings. The van der Waals surface area contributed by atoms with Crippen LogP contribution < -0.4 is 11.1 Å². The first-order valence-corrected chi connectivity index (χ1v) is 12.4. The standard InChI is InChI=1S/C24H26N6O4S/c1-16(31)18-4-3-5-19(14-18)27-24(32)22-23(25)26-15-21(28-22)17-6-8-20(9-7-17)35(33,34)30-12-10-29(2)11-13-30/h3-9,14-15H,10-13H2,1-2H3,(H2,25,26)(H,27,32). The quantitative estimate of drug-likeness (QED) is 0.497. The van der Waals surface area contributed by atoms with E-state index in [1.54, 1.807) is 36.4 Å². The van der Waals surface area contributed by atoms with Gasteiger partial charge in [-0.3, -0.25) is 9.59 Å². The van der Waals surface area contributed by atoms with Crippen LogP contribution in [-0.4, -0.2) is 72.5 Å². The lowest BCUT2D eigenvalue weighted by atomic mass is 10.1. The smallest absolute Gasteiger partial charge is 0.278 e. The molecule has 0 aliphatic carbocycles. The molecule has 0 saturated carbocycles. The highest BCUT2D eigenvalue weighted by molar-refractivity contribution is 7.89. The first-order chi connectivity index (χ1) is 16.6. The van der Waals surface area contributed by atoms with Crippen LogP contribution in [-0.2, 0) is 10.0 Å². The average Bonchev–Trinajstić information content (AvgIpc) is 2.85. The summed E-state index contributed by atoms with van der Waals surface area (Å²) in [6.45, 7) is 3.69. The molecule has 0 spiro atoms. The summed E-state index contributed by atoms with van der Waals surface area (Å²) in [7, 11) is -1.63. The lowest BCUT2D eigenvalue weighted by Gasteiger charge is -2.31. The summed E-state index contributed by atoms with van der Waals surface area (Å²) in [4.78, 5) is 35.1. The number of carbonyl (C=O) groups is 2. The number of nitrogens with zero attached hydrogens (tertiary/aromatic N) is 4. The second kappa shape index (κ2) is 9.90. The number of carbonyl (C=O) groups excluding carboxylic acids is 2. The maximum atomic E-state index is 13.0. The molecule has 0 unspecified atom stereocenters. The first-order valence-electron chi connectivity index (χ1n) is 11.0. The van der Waals surface area contributed by atoms with E-state index < -0.39 is 15.9 Å². The van der Waals surface area contributed by atoms with E-state index in [-0.39, 0.29) is 22.2 Å². The number of hydrogen-bond donors (Lipinski definition) is 2. The van der Waals surface area contributed by atoms with Crippen LogP contribution in [0, 0.1) is 0 Å². The Bertz CT molecular complexity index is 1370. The van der Waals surface area contributed by atoms with Crippen molar-refractivity contribution in [3.8, 4) is 11.3 Å². The molecule has 182 valence electrons. The minimum absolute atomic E-state index is 0.0526. The van der Waals surface area contributed by atoms with Gasteiger partial charge in [-0.2, -0.15) is 4.31 Å². The maximum absolute atomic E-state index is 13.0. The predicted molar refractivity (Wildman–Crippen MR) is 133 cm³/mol. The van der Waals surface area contributed by atoms with Gasteiger partial charge in [0.05, 0.1) is 16.8 Å². The number of benzene rings is 2. The number of nitrogens with one attached hydrogen (secondary N) is 1. The van der Waals surface area contributed by atoms with E-state index in [1.165, 1.54) is 29.6 Å². The normalized spacial score (nSPS) is 15.0. The molecule has 1 saturated heterocycles. The highest BCUT2D eigenvalue weighted by atomic mass is 32.2. The molecule has 3 aromatic rings. The fourth-order valence-corrected chi connectivity index (χ4v) is 5.11. The van der Waals surface area contributed by atoms with Crippen molar-refractivity contribution in [1.29, 1.82) is 0 Å². The first kappa shape index (κ1) is 24.5. The zero-order valence-corrected chi connectivity index (χ0v) is 20.2. The Morgan fingerprint density at radius 3 is 2.37 bits per heavy atom. The lowest BCUT2D eigenvalue weighted by molar-refractivity contribution is 0.100. The van der Waals surface area contributed by atoms with Crippen molar-refractivity contribution in [3.63, 3.8) is 0 Å². The molecule has 1 fully saturated rings. The number of sulfonamides is 1. The van der Waals surface area contributed by atoms with Crippen LogP contribution in [0.4, 0.5) is 11.5 Å². The SMILES string of the molecule is CC(=O)c1cccc(NC(=O)c2nc(-c3ccc(S(=O)(=O)N4CCN(C)CC4)cc3)cnc2N)c1. The molecule has 0 bridgehead atoms. The second-order valence-corrected chi connectivity index (χ2v) is 10.2. The summed E-state index contributed by atoms with van der Waals surface area (Å²) in [6.07, 6.45) is 1.42. The van der Waals surface area contributed by atoms with Crippen LogP contribution >= 0.6 is 0 Å². The van der Waals surface area contributed by atoms with Crippen molar-refractivity contribution < 1.29 is 18.0 Å². The van der Waals surface area contributed by atoms with E-state index in [0.29, 0.717) is 48.7 Å². The number of nitrogen functional groups attached to an aromatic ring is 1. The van der Waals surface area contributed by atoms with Crippen LogP contribution in [0.2, 0.25) is 0 Å². The summed E-state index contributed by atoms with van der Waals surface area (Å²) in [5.74, 6) is -0.754. The van der Waals surface area contributed by atoms with Crippen LogP contribution in [0.15, 0.2) is 59.6 Å². The van der Waals surface area contributed by atoms with Crippen LogP contribution in [0.5, 0.6) is 0 Å². The fourth-order valence-electron chi connectivity index (χ4n) is 3.69. The van der Waals surface area contributed by atoms with Crippen LogP contribution in [0.1, 0.15) is 27.8 Å². The third kappa shape index (κ3) is 5.37. The number of rotatable bonds is 6. The molecule has 1 aromatic heterocycles. The van der Waals surface area contributed by atoms with Gasteiger partial charge in [-0.1, -0.05) is 24.3 Å². The number of Topliss-reactive ketones (excluding diaryl/α,β-unsaturated/α-hetero) is 1. The number of hydrogen-bond acceptors (Lipinski definition) is 8. The third-order valence-corrected chi connectivity index (χ3v) is 7.71. The molecule has 1 aliphatic heterocycles. The minimum atomic E-state index is -3.59. The predicted octanol–water partition coefficient (Wildman–Crippen LogP) is 2.12. The average molecular weight is 495 g/mol. The van der Waals surface area contributed by atoms with E-state index in [0.717, 1.165) is 0 Å². The Kier molecular flexibility index (Phi) is 6.92. The summed E-state index contributed by atoms with van der Waals surface area (Å²) >= 11 is 0. The number of likely N-dealkylation sites (N-methyl/N-ethyl adjacent to an activating group) is 1. The monoisotopic (exact) mass is 494 g/mol. The Labute approximate surface area is 203 Å². The van der Waals surface area contributed by atoms with E-state index in [1.807, 2.05) is 7.05 Å². The van der Waals surface area contributed by atoms with Gasteiger partial charge in [-0.15, -0.1) is 0 Å². The van der Waals surface area contributed by atoms with Crippen molar-refractivity contribution in [2.45, 2.75) is 11.8 Å². The van der Waals surface area contributed by atoms with Crippen molar-refractivity contribution in [2.24, 2.45) is 0 Å². The summed E-state index contributed by atoms with van der Waals surface area (Å²) < 4.78 is 27.4. The number of nitrogens with two attached hydrogens (primary N) is 1. The number of aromatic nitrogens is 2. The molecule has 2 aromatic carbocycles. The Balaban J connectivity index is 1.55. The van der Waals surface area contributed by atoms with Gasteiger partial charge in [0.15, 0.2) is 17.3 Å². The molecule has 2 heterocycles.